The second-order valence-corrected chi connectivity index (χ2v) is 11.7. The number of halogens is 1. The molecule has 0 unspecified atom stereocenters. The first-order valence-corrected chi connectivity index (χ1v) is 14.7. The summed E-state index contributed by atoms with van der Waals surface area (Å²) < 4.78 is 16.5. The summed E-state index contributed by atoms with van der Waals surface area (Å²) in [6, 6.07) is 9.45. The number of carbonyl (C=O) groups excluding carboxylic acids is 1. The molecule has 4 aromatic rings. The number of carbonyl (C=O) groups is 1. The molecule has 0 saturated carbocycles. The Labute approximate surface area is 255 Å². The van der Waals surface area contributed by atoms with Crippen molar-refractivity contribution in [1.29, 1.82) is 5.26 Å². The highest BCUT2D eigenvalue weighted by molar-refractivity contribution is 5.93. The van der Waals surface area contributed by atoms with E-state index in [1.165, 1.54) is 23.0 Å². The van der Waals surface area contributed by atoms with Crippen LogP contribution in [0.25, 0.3) is 28.0 Å². The third-order valence-electron chi connectivity index (χ3n) is 8.01. The van der Waals surface area contributed by atoms with E-state index in [2.05, 4.69) is 27.6 Å². The maximum absolute atomic E-state index is 15.1. The number of hydrogen-bond donors (Lipinski definition) is 0. The summed E-state index contributed by atoms with van der Waals surface area (Å²) in [4.78, 5) is 49.0. The van der Waals surface area contributed by atoms with Gasteiger partial charge < -0.3 is 9.80 Å². The van der Waals surface area contributed by atoms with Crippen molar-refractivity contribution in [3.05, 3.63) is 82.6 Å². The zero-order chi connectivity index (χ0) is 31.9. The van der Waals surface area contributed by atoms with Crippen molar-refractivity contribution in [1.82, 2.24) is 29.4 Å². The van der Waals surface area contributed by atoms with Crippen molar-refractivity contribution in [2.75, 3.05) is 18.0 Å². The second-order valence-electron chi connectivity index (χ2n) is 11.7. The van der Waals surface area contributed by atoms with Crippen molar-refractivity contribution in [3.8, 4) is 23.0 Å². The van der Waals surface area contributed by atoms with Crippen LogP contribution in [-0.4, -0.2) is 60.5 Å². The number of piperazine rings is 1. The molecular weight excluding hydrogens is 559 g/mol. The minimum atomic E-state index is -0.604. The first-order chi connectivity index (χ1) is 21.0. The Morgan fingerprint density at radius 2 is 1.73 bits per heavy atom. The van der Waals surface area contributed by atoms with Crippen LogP contribution in [0.1, 0.15) is 70.3 Å². The van der Waals surface area contributed by atoms with Gasteiger partial charge in [-0.2, -0.15) is 10.2 Å². The summed E-state index contributed by atoms with van der Waals surface area (Å²) in [7, 11) is 0. The fraction of sp³-hybridized carbons (Fsp3) is 0.364. The van der Waals surface area contributed by atoms with Crippen molar-refractivity contribution in [3.63, 3.8) is 0 Å². The summed E-state index contributed by atoms with van der Waals surface area (Å²) >= 11 is 0. The molecule has 1 aromatic carbocycles. The van der Waals surface area contributed by atoms with Gasteiger partial charge in [0, 0.05) is 30.7 Å². The number of rotatable bonds is 6. The van der Waals surface area contributed by atoms with Gasteiger partial charge in [0.1, 0.15) is 24.0 Å². The van der Waals surface area contributed by atoms with E-state index in [1.54, 1.807) is 29.2 Å². The van der Waals surface area contributed by atoms with Crippen LogP contribution < -0.4 is 10.6 Å². The van der Waals surface area contributed by atoms with Crippen LogP contribution in [0.2, 0.25) is 0 Å². The van der Waals surface area contributed by atoms with E-state index in [1.807, 2.05) is 46.4 Å². The van der Waals surface area contributed by atoms with Gasteiger partial charge in [-0.1, -0.05) is 46.4 Å². The first kappa shape index (κ1) is 30.5. The number of aromatic nitrogens is 5. The molecule has 0 N–H and O–H groups in total. The van der Waals surface area contributed by atoms with Gasteiger partial charge in [0.25, 0.3) is 0 Å². The molecule has 11 heteroatoms. The Balaban J connectivity index is 1.89. The zero-order valence-corrected chi connectivity index (χ0v) is 25.7. The van der Waals surface area contributed by atoms with Crippen LogP contribution in [0.3, 0.4) is 0 Å². The minimum Gasteiger partial charge on any atom is -0.349 e. The van der Waals surface area contributed by atoms with Gasteiger partial charge in [-0.05, 0) is 50.0 Å². The van der Waals surface area contributed by atoms with Gasteiger partial charge in [0.05, 0.1) is 33.7 Å². The molecule has 10 nitrogen and oxygen atoms in total. The van der Waals surface area contributed by atoms with E-state index in [-0.39, 0.29) is 52.3 Å². The Morgan fingerprint density at radius 1 is 1.07 bits per heavy atom. The summed E-state index contributed by atoms with van der Waals surface area (Å²) in [5.74, 6) is -0.532. The molecule has 0 spiro atoms. The van der Waals surface area contributed by atoms with E-state index in [9.17, 15) is 14.9 Å². The van der Waals surface area contributed by atoms with Gasteiger partial charge in [0.2, 0.25) is 5.91 Å². The molecular formula is C33H35FN8O2. The monoisotopic (exact) mass is 594 g/mol. The van der Waals surface area contributed by atoms with Crippen LogP contribution in [0.15, 0.2) is 54.1 Å². The number of pyridine rings is 1. The molecule has 0 radical (unpaired) electrons. The number of hydrogen-bond acceptors (Lipinski definition) is 8. The summed E-state index contributed by atoms with van der Waals surface area (Å²) in [5, 5.41) is 10.7. The number of nitrogens with zero attached hydrogens (tertiary/aromatic N) is 8. The molecule has 1 saturated heterocycles. The third-order valence-corrected chi connectivity index (χ3v) is 8.01. The number of amides is 1. The van der Waals surface area contributed by atoms with Crippen molar-refractivity contribution in [2.24, 2.45) is 0 Å². The molecule has 44 heavy (non-hydrogen) atoms. The summed E-state index contributed by atoms with van der Waals surface area (Å²) in [5.41, 5.74) is 1.74. The normalized spacial score (nSPS) is 16.9. The molecule has 0 aliphatic carbocycles. The number of benzene rings is 1. The highest BCUT2D eigenvalue weighted by Gasteiger charge is 2.34. The standard InChI is InChI=1S/C33H35FN8O2/c1-8-26(43)40-15-21(7)41(16-20(40)6)31-24-13-22(14-35)29(23-11-9-10-12-25(23)34)38-32(24)42(33(44)39-31)30-27(18(2)3)36-17-37-28(30)19(4)5/h8-13,17-21H,1,15-16H2,2-7H3/t20-,21+/m1/s1. The SMILES string of the molecule is C=CC(=O)N1C[C@H](C)N(c2nc(=O)n(-c3c(C(C)C)ncnc3C(C)C)c3nc(-c4ccccc4F)c(C#N)cc23)C[C@H]1C. The summed E-state index contributed by atoms with van der Waals surface area (Å²) in [6.07, 6.45) is 2.78. The molecule has 2 atom stereocenters. The fourth-order valence-electron chi connectivity index (χ4n) is 5.82. The van der Waals surface area contributed by atoms with Gasteiger partial charge in [-0.15, -0.1) is 0 Å². The lowest BCUT2D eigenvalue weighted by atomic mass is 10.0. The van der Waals surface area contributed by atoms with E-state index in [0.717, 1.165) is 0 Å². The molecule has 1 fully saturated rings. The van der Waals surface area contributed by atoms with Gasteiger partial charge >= 0.3 is 5.69 Å². The number of nitriles is 1. The van der Waals surface area contributed by atoms with E-state index in [4.69, 9.17) is 4.98 Å². The third kappa shape index (κ3) is 5.21. The predicted molar refractivity (Wildman–Crippen MR) is 167 cm³/mol. The molecule has 1 amide bonds. The fourth-order valence-corrected chi connectivity index (χ4v) is 5.82. The van der Waals surface area contributed by atoms with Crippen LogP contribution in [0.5, 0.6) is 0 Å². The predicted octanol–water partition coefficient (Wildman–Crippen LogP) is 5.11. The van der Waals surface area contributed by atoms with Crippen LogP contribution in [0.4, 0.5) is 10.2 Å². The van der Waals surface area contributed by atoms with E-state index >= 15 is 4.39 Å². The van der Waals surface area contributed by atoms with Crippen LogP contribution >= 0.6 is 0 Å². The minimum absolute atomic E-state index is 0.0760. The van der Waals surface area contributed by atoms with E-state index in [0.29, 0.717) is 41.4 Å². The second kappa shape index (κ2) is 12.0. The Kier molecular flexibility index (Phi) is 8.28. The van der Waals surface area contributed by atoms with Crippen molar-refractivity contribution in [2.45, 2.75) is 65.5 Å². The Morgan fingerprint density at radius 3 is 2.32 bits per heavy atom. The quantitative estimate of drug-likeness (QED) is 0.283. The number of anilines is 1. The molecule has 1 aliphatic rings. The molecule has 3 aromatic heterocycles. The van der Waals surface area contributed by atoms with Gasteiger partial charge in [0.15, 0.2) is 5.65 Å². The Bertz CT molecular complexity index is 1850. The Hall–Kier alpha value is -4.98. The maximum Gasteiger partial charge on any atom is 0.355 e. The highest BCUT2D eigenvalue weighted by Crippen LogP contribution is 2.35. The lowest BCUT2D eigenvalue weighted by Gasteiger charge is -2.44. The lowest BCUT2D eigenvalue weighted by molar-refractivity contribution is -0.128. The first-order valence-electron chi connectivity index (χ1n) is 14.7. The summed E-state index contributed by atoms with van der Waals surface area (Å²) in [6.45, 7) is 16.2. The smallest absolute Gasteiger partial charge is 0.349 e. The average molecular weight is 595 g/mol. The largest absolute Gasteiger partial charge is 0.355 e. The maximum atomic E-state index is 15.1. The topological polar surface area (TPSA) is 121 Å². The van der Waals surface area contributed by atoms with Crippen LogP contribution in [0, 0.1) is 17.1 Å². The van der Waals surface area contributed by atoms with Crippen molar-refractivity contribution >= 4 is 22.8 Å². The van der Waals surface area contributed by atoms with Crippen molar-refractivity contribution < 1.29 is 9.18 Å². The van der Waals surface area contributed by atoms with Crippen LogP contribution in [-0.2, 0) is 4.79 Å². The average Bonchev–Trinajstić information content (AvgIpc) is 3.00. The molecule has 0 bridgehead atoms. The zero-order valence-electron chi connectivity index (χ0n) is 25.7. The lowest BCUT2D eigenvalue weighted by Crippen LogP contribution is -2.58. The highest BCUT2D eigenvalue weighted by atomic mass is 19.1. The molecule has 1 aliphatic heterocycles. The van der Waals surface area contributed by atoms with Gasteiger partial charge in [-0.25, -0.2) is 28.7 Å². The molecule has 226 valence electrons. The van der Waals surface area contributed by atoms with Gasteiger partial charge in [-0.3, -0.25) is 4.79 Å². The number of fused-ring (bicyclic) bond motifs is 1. The molecule has 4 heterocycles. The molecule has 5 rings (SSSR count). The van der Waals surface area contributed by atoms with E-state index < -0.39 is 11.5 Å².